The molecule has 2 fully saturated rings. The molecular formula is C17H22N4O4. The van der Waals surface area contributed by atoms with Gasteiger partial charge in [0.1, 0.15) is 19.0 Å². The molecule has 1 N–H and O–H groups in total. The number of carbonyl (C=O) groups excluding carboxylic acids is 1. The highest BCUT2D eigenvalue weighted by Gasteiger charge is 2.47. The van der Waals surface area contributed by atoms with E-state index in [2.05, 4.69) is 10.2 Å². The average molecular weight is 346 g/mol. The van der Waals surface area contributed by atoms with Gasteiger partial charge in [-0.1, -0.05) is 0 Å². The summed E-state index contributed by atoms with van der Waals surface area (Å²) in [6, 6.07) is 3.44. The Kier molecular flexibility index (Phi) is 4.20. The molecule has 4 rings (SSSR count). The van der Waals surface area contributed by atoms with Crippen LogP contribution in [-0.4, -0.2) is 38.7 Å². The van der Waals surface area contributed by atoms with Gasteiger partial charge < -0.3 is 14.1 Å². The minimum atomic E-state index is -0.252. The summed E-state index contributed by atoms with van der Waals surface area (Å²) in [5.74, 6) is 2.24. The summed E-state index contributed by atoms with van der Waals surface area (Å²) in [5, 5.41) is 6.68. The maximum Gasteiger partial charge on any atom is 0.343 e. The van der Waals surface area contributed by atoms with Gasteiger partial charge in [-0.05, 0) is 43.2 Å². The molecule has 1 aliphatic heterocycles. The predicted molar refractivity (Wildman–Crippen MR) is 87.5 cm³/mol. The highest BCUT2D eigenvalue weighted by Crippen LogP contribution is 2.49. The minimum Gasteiger partial charge on any atom is -0.467 e. The third-order valence-corrected chi connectivity index (χ3v) is 5.22. The van der Waals surface area contributed by atoms with E-state index in [0.717, 1.165) is 6.42 Å². The molecule has 0 aromatic carbocycles. The molecule has 1 saturated carbocycles. The Labute approximate surface area is 144 Å². The number of likely N-dealkylation sites (tertiary alicyclic amines) is 1. The number of ether oxygens (including phenoxy) is 1. The van der Waals surface area contributed by atoms with Gasteiger partial charge in [0.2, 0.25) is 5.91 Å². The lowest BCUT2D eigenvalue weighted by Crippen LogP contribution is -2.36. The second-order valence-corrected chi connectivity index (χ2v) is 6.84. The van der Waals surface area contributed by atoms with Crippen molar-refractivity contribution in [1.29, 1.82) is 0 Å². The maximum absolute atomic E-state index is 12.7. The first-order chi connectivity index (χ1) is 12.1. The first-order valence-corrected chi connectivity index (χ1v) is 8.66. The lowest BCUT2D eigenvalue weighted by molar-refractivity contribution is -0.138. The van der Waals surface area contributed by atoms with E-state index in [-0.39, 0.29) is 30.9 Å². The van der Waals surface area contributed by atoms with Crippen LogP contribution in [0.5, 0.6) is 0 Å². The van der Waals surface area contributed by atoms with Gasteiger partial charge in [0.25, 0.3) is 0 Å². The Morgan fingerprint density at radius 2 is 2.28 bits per heavy atom. The van der Waals surface area contributed by atoms with Crippen molar-refractivity contribution in [2.24, 2.45) is 18.9 Å². The number of amides is 1. The van der Waals surface area contributed by atoms with Gasteiger partial charge in [0.15, 0.2) is 5.82 Å². The fraction of sp³-hybridized carbons (Fsp3) is 0.588. The summed E-state index contributed by atoms with van der Waals surface area (Å²) in [4.78, 5) is 26.3. The molecule has 2 aromatic rings. The van der Waals surface area contributed by atoms with Crippen molar-refractivity contribution in [3.05, 3.63) is 40.5 Å². The van der Waals surface area contributed by atoms with E-state index in [4.69, 9.17) is 9.15 Å². The number of rotatable bonds is 6. The van der Waals surface area contributed by atoms with E-state index in [1.165, 1.54) is 17.4 Å². The van der Waals surface area contributed by atoms with Crippen molar-refractivity contribution in [3.8, 4) is 0 Å². The summed E-state index contributed by atoms with van der Waals surface area (Å²) in [5.41, 5.74) is -0.252. The van der Waals surface area contributed by atoms with Crippen molar-refractivity contribution in [3.63, 3.8) is 0 Å². The third-order valence-electron chi connectivity index (χ3n) is 5.22. The summed E-state index contributed by atoms with van der Waals surface area (Å²) in [7, 11) is 1.69. The molecule has 3 heterocycles. The minimum absolute atomic E-state index is 0.00699. The zero-order valence-corrected chi connectivity index (χ0v) is 14.2. The lowest BCUT2D eigenvalue weighted by Gasteiger charge is -2.27. The van der Waals surface area contributed by atoms with Gasteiger partial charge in [-0.15, -0.1) is 0 Å². The van der Waals surface area contributed by atoms with Crippen molar-refractivity contribution >= 4 is 5.91 Å². The Morgan fingerprint density at radius 3 is 2.92 bits per heavy atom. The van der Waals surface area contributed by atoms with Gasteiger partial charge in [-0.2, -0.15) is 5.10 Å². The summed E-state index contributed by atoms with van der Waals surface area (Å²) in [6.07, 6.45) is 4.91. The van der Waals surface area contributed by atoms with Crippen LogP contribution >= 0.6 is 0 Å². The normalized spacial score (nSPS) is 23.3. The van der Waals surface area contributed by atoms with Crippen molar-refractivity contribution in [2.45, 2.75) is 31.9 Å². The van der Waals surface area contributed by atoms with Crippen LogP contribution in [0.4, 0.5) is 0 Å². The van der Waals surface area contributed by atoms with Crippen LogP contribution in [0.25, 0.3) is 0 Å². The van der Waals surface area contributed by atoms with Crippen LogP contribution in [0.1, 0.15) is 36.9 Å². The highest BCUT2D eigenvalue weighted by atomic mass is 16.5. The number of carbonyl (C=O) groups is 1. The molecule has 0 spiro atoms. The molecule has 134 valence electrons. The fourth-order valence-corrected chi connectivity index (χ4v) is 3.79. The Morgan fingerprint density at radius 1 is 1.44 bits per heavy atom. The van der Waals surface area contributed by atoms with Gasteiger partial charge >= 0.3 is 5.69 Å². The number of aromatic amines is 1. The molecule has 2 aromatic heterocycles. The quantitative estimate of drug-likeness (QED) is 0.849. The van der Waals surface area contributed by atoms with E-state index < -0.39 is 0 Å². The zero-order valence-electron chi connectivity index (χ0n) is 14.2. The molecule has 2 unspecified atom stereocenters. The van der Waals surface area contributed by atoms with Gasteiger partial charge in [0, 0.05) is 13.6 Å². The van der Waals surface area contributed by atoms with Crippen molar-refractivity contribution in [1.82, 2.24) is 19.7 Å². The Hall–Kier alpha value is -2.35. The maximum atomic E-state index is 12.7. The SMILES string of the molecule is Cn1c(C2C(C3CC3)CCN2C(=O)COCc2ccco2)n[nH]c1=O. The summed E-state index contributed by atoms with van der Waals surface area (Å²) in [6.45, 7) is 0.937. The molecule has 8 heteroatoms. The summed E-state index contributed by atoms with van der Waals surface area (Å²) >= 11 is 0. The predicted octanol–water partition coefficient (Wildman–Crippen LogP) is 1.22. The van der Waals surface area contributed by atoms with Gasteiger partial charge in [-0.3, -0.25) is 9.36 Å². The lowest BCUT2D eigenvalue weighted by atomic mass is 9.94. The van der Waals surface area contributed by atoms with Crippen molar-refractivity contribution < 1.29 is 13.9 Å². The number of hydrogen-bond acceptors (Lipinski definition) is 5. The molecule has 25 heavy (non-hydrogen) atoms. The molecule has 1 aliphatic carbocycles. The standard InChI is InChI=1S/C17H22N4O4/c1-20-16(18-19-17(20)23)15-13(11-4-5-11)6-7-21(15)14(22)10-24-9-12-3-2-8-25-12/h2-3,8,11,13,15H,4-7,9-10H2,1H3,(H,19,23). The smallest absolute Gasteiger partial charge is 0.343 e. The number of furan rings is 1. The van der Waals surface area contributed by atoms with Crippen molar-refractivity contribution in [2.75, 3.05) is 13.2 Å². The average Bonchev–Trinajstić information content (AvgIpc) is 3.01. The van der Waals surface area contributed by atoms with E-state index in [0.29, 0.717) is 30.0 Å². The number of H-pyrrole nitrogens is 1. The van der Waals surface area contributed by atoms with Crippen LogP contribution in [0.3, 0.4) is 0 Å². The van der Waals surface area contributed by atoms with Crippen LogP contribution < -0.4 is 5.69 Å². The number of nitrogens with one attached hydrogen (secondary N) is 1. The van der Waals surface area contributed by atoms with Crippen LogP contribution in [0.15, 0.2) is 27.6 Å². The van der Waals surface area contributed by atoms with E-state index in [1.54, 1.807) is 19.4 Å². The monoisotopic (exact) mass is 346 g/mol. The van der Waals surface area contributed by atoms with E-state index in [1.807, 2.05) is 11.0 Å². The van der Waals surface area contributed by atoms with Crippen LogP contribution in [0.2, 0.25) is 0 Å². The van der Waals surface area contributed by atoms with Crippen LogP contribution in [-0.2, 0) is 23.2 Å². The summed E-state index contributed by atoms with van der Waals surface area (Å²) < 4.78 is 12.2. The number of aromatic nitrogens is 3. The first kappa shape index (κ1) is 16.1. The van der Waals surface area contributed by atoms with E-state index >= 15 is 0 Å². The fourth-order valence-electron chi connectivity index (χ4n) is 3.79. The second kappa shape index (κ2) is 6.51. The number of hydrogen-bond donors (Lipinski definition) is 1. The first-order valence-electron chi connectivity index (χ1n) is 8.66. The Balaban J connectivity index is 1.47. The third kappa shape index (κ3) is 3.13. The molecule has 2 atom stereocenters. The second-order valence-electron chi connectivity index (χ2n) is 6.84. The molecule has 0 radical (unpaired) electrons. The molecule has 0 bridgehead atoms. The van der Waals surface area contributed by atoms with Gasteiger partial charge in [0.05, 0.1) is 12.3 Å². The Bertz CT molecular complexity index is 790. The van der Waals surface area contributed by atoms with Gasteiger partial charge in [-0.25, -0.2) is 9.89 Å². The topological polar surface area (TPSA) is 93.4 Å². The largest absolute Gasteiger partial charge is 0.467 e. The molecule has 1 amide bonds. The zero-order chi connectivity index (χ0) is 17.4. The van der Waals surface area contributed by atoms with E-state index in [9.17, 15) is 9.59 Å². The van der Waals surface area contributed by atoms with Crippen LogP contribution in [0, 0.1) is 11.8 Å². The molecular weight excluding hydrogens is 324 g/mol. The molecule has 8 nitrogen and oxygen atoms in total. The highest BCUT2D eigenvalue weighted by molar-refractivity contribution is 5.78. The molecule has 2 aliphatic rings. The molecule has 1 saturated heterocycles. The number of nitrogens with zero attached hydrogens (tertiary/aromatic N) is 3.